The minimum atomic E-state index is -4.02. The number of thiophene rings is 1. The summed E-state index contributed by atoms with van der Waals surface area (Å²) in [5.41, 5.74) is 1.06. The van der Waals surface area contributed by atoms with Crippen LogP contribution in [0.15, 0.2) is 44.8 Å². The third kappa shape index (κ3) is 4.54. The van der Waals surface area contributed by atoms with Gasteiger partial charge < -0.3 is 9.80 Å². The molecule has 1 saturated heterocycles. The Morgan fingerprint density at radius 2 is 1.82 bits per heavy atom. The van der Waals surface area contributed by atoms with Crippen LogP contribution in [0.5, 0.6) is 0 Å². The van der Waals surface area contributed by atoms with E-state index in [-0.39, 0.29) is 15.7 Å². The summed E-state index contributed by atoms with van der Waals surface area (Å²) in [5.74, 6) is -0.0454. The summed E-state index contributed by atoms with van der Waals surface area (Å²) in [6, 6.07) is 5.65. The van der Waals surface area contributed by atoms with Crippen molar-refractivity contribution in [1.29, 1.82) is 0 Å². The van der Waals surface area contributed by atoms with E-state index in [4.69, 9.17) is 5.14 Å². The maximum atomic E-state index is 12.6. The molecule has 2 aromatic rings. The van der Waals surface area contributed by atoms with Gasteiger partial charge in [0.1, 0.15) is 0 Å². The van der Waals surface area contributed by atoms with Gasteiger partial charge in [-0.15, -0.1) is 0 Å². The van der Waals surface area contributed by atoms with E-state index in [0.29, 0.717) is 43.9 Å². The molecule has 0 aliphatic carbocycles. The summed E-state index contributed by atoms with van der Waals surface area (Å²) >= 11 is 1.46. The maximum Gasteiger partial charge on any atom is 0.254 e. The number of benzene rings is 1. The number of primary sulfonamides is 1. The zero-order valence-corrected chi connectivity index (χ0v) is 17.7. The van der Waals surface area contributed by atoms with Crippen molar-refractivity contribution in [2.24, 2.45) is 5.14 Å². The standard InChI is InChI=1S/C17H21N3O5S3/c1-27(22,23)16-11-14(28(18,24)25)3-4-15(16)19-6-2-7-20(9-8-19)17(21)13-5-10-26-12-13/h3-5,10-12H,2,6-9H2,1H3,(H2,18,24,25). The first-order valence-electron chi connectivity index (χ1n) is 8.51. The molecule has 1 aromatic carbocycles. The fourth-order valence-corrected chi connectivity index (χ4v) is 5.32. The molecule has 11 heteroatoms. The number of carbonyl (C=O) groups is 1. The zero-order valence-electron chi connectivity index (χ0n) is 15.2. The van der Waals surface area contributed by atoms with E-state index in [9.17, 15) is 21.6 Å². The van der Waals surface area contributed by atoms with Crippen LogP contribution in [0.2, 0.25) is 0 Å². The van der Waals surface area contributed by atoms with E-state index in [1.54, 1.807) is 16.3 Å². The highest BCUT2D eigenvalue weighted by molar-refractivity contribution is 7.91. The van der Waals surface area contributed by atoms with Crippen LogP contribution in [0.1, 0.15) is 16.8 Å². The highest BCUT2D eigenvalue weighted by Gasteiger charge is 2.25. The predicted molar refractivity (Wildman–Crippen MR) is 108 cm³/mol. The third-order valence-corrected chi connectivity index (χ3v) is 7.27. The SMILES string of the molecule is CS(=O)(=O)c1cc(S(N)(=O)=O)ccc1N1CCCN(C(=O)c2ccsc2)CC1. The first-order chi connectivity index (χ1) is 13.1. The molecular weight excluding hydrogens is 422 g/mol. The second-order valence-corrected chi connectivity index (χ2v) is 10.9. The maximum absolute atomic E-state index is 12.6. The van der Waals surface area contributed by atoms with E-state index in [2.05, 4.69) is 0 Å². The Kier molecular flexibility index (Phi) is 5.80. The van der Waals surface area contributed by atoms with Crippen LogP contribution in [0.3, 0.4) is 0 Å². The van der Waals surface area contributed by atoms with Gasteiger partial charge in [0.15, 0.2) is 9.84 Å². The van der Waals surface area contributed by atoms with Gasteiger partial charge in [0.2, 0.25) is 10.0 Å². The quantitative estimate of drug-likeness (QED) is 0.757. The molecule has 1 aliphatic rings. The number of carbonyl (C=O) groups excluding carboxylic acids is 1. The van der Waals surface area contributed by atoms with Gasteiger partial charge in [-0.05, 0) is 36.1 Å². The summed E-state index contributed by atoms with van der Waals surface area (Å²) in [5, 5.41) is 8.80. The number of anilines is 1. The van der Waals surface area contributed by atoms with Crippen molar-refractivity contribution in [3.8, 4) is 0 Å². The fraction of sp³-hybridized carbons (Fsp3) is 0.353. The lowest BCUT2D eigenvalue weighted by atomic mass is 10.2. The molecule has 152 valence electrons. The van der Waals surface area contributed by atoms with Crippen LogP contribution >= 0.6 is 11.3 Å². The molecule has 28 heavy (non-hydrogen) atoms. The van der Waals surface area contributed by atoms with Crippen LogP contribution in [0.4, 0.5) is 5.69 Å². The number of rotatable bonds is 4. The fourth-order valence-electron chi connectivity index (χ4n) is 3.16. The Morgan fingerprint density at radius 1 is 1.07 bits per heavy atom. The Hall–Kier alpha value is -1.95. The average Bonchev–Trinajstić information content (AvgIpc) is 3.04. The van der Waals surface area contributed by atoms with Gasteiger partial charge in [-0.2, -0.15) is 11.3 Å². The molecule has 8 nitrogen and oxygen atoms in total. The Morgan fingerprint density at radius 3 is 2.43 bits per heavy atom. The first kappa shape index (κ1) is 20.8. The second-order valence-electron chi connectivity index (χ2n) is 6.59. The van der Waals surface area contributed by atoms with Crippen molar-refractivity contribution in [3.63, 3.8) is 0 Å². The van der Waals surface area contributed by atoms with Gasteiger partial charge in [0, 0.05) is 37.8 Å². The normalized spacial score (nSPS) is 16.1. The molecule has 3 rings (SSSR count). The van der Waals surface area contributed by atoms with Crippen molar-refractivity contribution >= 4 is 42.8 Å². The minimum absolute atomic E-state index is 0.0454. The summed E-state index contributed by atoms with van der Waals surface area (Å²) in [6.45, 7) is 1.99. The molecule has 0 atom stereocenters. The van der Waals surface area contributed by atoms with E-state index in [1.165, 1.54) is 23.5 Å². The number of sulfone groups is 1. The van der Waals surface area contributed by atoms with Crippen LogP contribution in [-0.2, 0) is 19.9 Å². The van der Waals surface area contributed by atoms with E-state index >= 15 is 0 Å². The van der Waals surface area contributed by atoms with Gasteiger partial charge in [-0.3, -0.25) is 4.79 Å². The van der Waals surface area contributed by atoms with Crippen LogP contribution in [0.25, 0.3) is 0 Å². The van der Waals surface area contributed by atoms with Crippen molar-refractivity contribution in [2.45, 2.75) is 16.2 Å². The summed E-state index contributed by atoms with van der Waals surface area (Å²) in [4.78, 5) is 15.9. The Labute approximate surface area is 168 Å². The number of hydrogen-bond acceptors (Lipinski definition) is 7. The van der Waals surface area contributed by atoms with E-state index < -0.39 is 19.9 Å². The van der Waals surface area contributed by atoms with Gasteiger partial charge in [0.05, 0.1) is 21.0 Å². The van der Waals surface area contributed by atoms with E-state index in [1.807, 2.05) is 10.3 Å². The molecule has 0 bridgehead atoms. The molecule has 0 unspecified atom stereocenters. The van der Waals surface area contributed by atoms with Crippen LogP contribution < -0.4 is 10.0 Å². The number of nitrogens with two attached hydrogens (primary N) is 1. The third-order valence-electron chi connectivity index (χ3n) is 4.55. The molecular formula is C17H21N3O5S3. The Bertz CT molecular complexity index is 1080. The van der Waals surface area contributed by atoms with Gasteiger partial charge in [0.25, 0.3) is 5.91 Å². The monoisotopic (exact) mass is 443 g/mol. The largest absolute Gasteiger partial charge is 0.369 e. The molecule has 1 aliphatic heterocycles. The summed E-state index contributed by atoms with van der Waals surface area (Å²) in [6.07, 6.45) is 1.69. The molecule has 1 fully saturated rings. The zero-order chi connectivity index (χ0) is 20.5. The Balaban J connectivity index is 1.88. The van der Waals surface area contributed by atoms with E-state index in [0.717, 1.165) is 12.3 Å². The second kappa shape index (κ2) is 7.82. The van der Waals surface area contributed by atoms with Crippen LogP contribution in [-0.4, -0.2) is 60.1 Å². The highest BCUT2D eigenvalue weighted by Crippen LogP contribution is 2.29. The first-order valence-corrected chi connectivity index (χ1v) is 12.9. The predicted octanol–water partition coefficient (Wildman–Crippen LogP) is 1.15. The molecule has 1 amide bonds. The molecule has 0 radical (unpaired) electrons. The molecule has 0 spiro atoms. The number of hydrogen-bond donors (Lipinski definition) is 1. The lowest BCUT2D eigenvalue weighted by Crippen LogP contribution is -2.35. The topological polar surface area (TPSA) is 118 Å². The van der Waals surface area contributed by atoms with Gasteiger partial charge >= 0.3 is 0 Å². The van der Waals surface area contributed by atoms with Crippen LogP contribution in [0, 0.1) is 0 Å². The van der Waals surface area contributed by atoms with Crippen molar-refractivity contribution in [2.75, 3.05) is 37.3 Å². The highest BCUT2D eigenvalue weighted by atomic mass is 32.2. The summed E-state index contributed by atoms with van der Waals surface area (Å²) < 4.78 is 47.7. The molecule has 2 heterocycles. The average molecular weight is 444 g/mol. The number of nitrogens with zero attached hydrogens (tertiary/aromatic N) is 2. The number of amides is 1. The van der Waals surface area contributed by atoms with Gasteiger partial charge in [-0.1, -0.05) is 0 Å². The molecule has 2 N–H and O–H groups in total. The van der Waals surface area contributed by atoms with Crippen molar-refractivity contribution < 1.29 is 21.6 Å². The number of sulfonamides is 1. The minimum Gasteiger partial charge on any atom is -0.369 e. The van der Waals surface area contributed by atoms with Crippen molar-refractivity contribution in [1.82, 2.24) is 4.90 Å². The molecule has 1 aromatic heterocycles. The van der Waals surface area contributed by atoms with Gasteiger partial charge in [-0.25, -0.2) is 22.0 Å². The van der Waals surface area contributed by atoms with Crippen molar-refractivity contribution in [3.05, 3.63) is 40.6 Å². The lowest BCUT2D eigenvalue weighted by Gasteiger charge is -2.25. The lowest BCUT2D eigenvalue weighted by molar-refractivity contribution is 0.0767. The smallest absolute Gasteiger partial charge is 0.254 e. The summed E-state index contributed by atoms with van der Waals surface area (Å²) in [7, 11) is -7.70. The molecule has 0 saturated carbocycles.